The summed E-state index contributed by atoms with van der Waals surface area (Å²) in [5.41, 5.74) is 2.77. The van der Waals surface area contributed by atoms with Crippen LogP contribution in [0.4, 0.5) is 11.4 Å². The normalized spacial score (nSPS) is 17.0. The van der Waals surface area contributed by atoms with Gasteiger partial charge in [-0.1, -0.05) is 0 Å². The maximum Gasteiger partial charge on any atom is 0.258 e. The zero-order valence-corrected chi connectivity index (χ0v) is 13.7. The fourth-order valence-electron chi connectivity index (χ4n) is 3.26. The maximum absolute atomic E-state index is 12.4. The Morgan fingerprint density at radius 3 is 2.68 bits per heavy atom. The number of nitrogens with zero attached hydrogens (tertiary/aromatic N) is 2. The number of carbonyl (C=O) groups excluding carboxylic acids is 2. The highest BCUT2D eigenvalue weighted by atomic mass is 16.2. The van der Waals surface area contributed by atoms with Crippen LogP contribution in [-0.2, 0) is 11.2 Å². The Kier molecular flexibility index (Phi) is 4.15. The number of rotatable bonds is 3. The SMILES string of the molecule is O=C1Cc2cc(NC(=O)c3cnc(C4CCNCC4)nc3)ccc2N1. The first-order valence-electron chi connectivity index (χ1n) is 8.46. The van der Waals surface area contributed by atoms with E-state index in [1.165, 1.54) is 0 Å². The molecular formula is C18H19N5O2. The number of nitrogens with one attached hydrogen (secondary N) is 3. The van der Waals surface area contributed by atoms with Crippen LogP contribution in [0.1, 0.15) is 40.5 Å². The number of carbonyl (C=O) groups is 2. The van der Waals surface area contributed by atoms with Crippen LogP contribution in [-0.4, -0.2) is 34.9 Å². The van der Waals surface area contributed by atoms with Crippen LogP contribution in [0.15, 0.2) is 30.6 Å². The summed E-state index contributed by atoms with van der Waals surface area (Å²) < 4.78 is 0. The second-order valence-electron chi connectivity index (χ2n) is 6.41. The number of hydrogen-bond donors (Lipinski definition) is 3. The van der Waals surface area contributed by atoms with Crippen molar-refractivity contribution >= 4 is 23.2 Å². The fourth-order valence-corrected chi connectivity index (χ4v) is 3.26. The monoisotopic (exact) mass is 337 g/mol. The zero-order chi connectivity index (χ0) is 17.2. The van der Waals surface area contributed by atoms with Gasteiger partial charge in [-0.3, -0.25) is 9.59 Å². The molecule has 3 heterocycles. The number of amides is 2. The van der Waals surface area contributed by atoms with E-state index < -0.39 is 0 Å². The topological polar surface area (TPSA) is 96.0 Å². The van der Waals surface area contributed by atoms with Gasteiger partial charge in [0.1, 0.15) is 5.82 Å². The van der Waals surface area contributed by atoms with Crippen LogP contribution in [0.5, 0.6) is 0 Å². The molecular weight excluding hydrogens is 318 g/mol. The predicted octanol–water partition coefficient (Wildman–Crippen LogP) is 1.69. The van der Waals surface area contributed by atoms with E-state index in [1.54, 1.807) is 24.5 Å². The quantitative estimate of drug-likeness (QED) is 0.792. The predicted molar refractivity (Wildman–Crippen MR) is 93.6 cm³/mol. The number of fused-ring (bicyclic) bond motifs is 1. The first-order valence-corrected chi connectivity index (χ1v) is 8.46. The Balaban J connectivity index is 1.44. The molecule has 2 aliphatic rings. The summed E-state index contributed by atoms with van der Waals surface area (Å²) in [6.07, 6.45) is 5.55. The molecule has 7 nitrogen and oxygen atoms in total. The van der Waals surface area contributed by atoms with Crippen LogP contribution in [0.3, 0.4) is 0 Å². The molecule has 1 aromatic heterocycles. The van der Waals surface area contributed by atoms with Gasteiger partial charge < -0.3 is 16.0 Å². The lowest BCUT2D eigenvalue weighted by atomic mass is 9.97. The highest BCUT2D eigenvalue weighted by Crippen LogP contribution is 2.26. The zero-order valence-electron chi connectivity index (χ0n) is 13.7. The first kappa shape index (κ1) is 15.7. The van der Waals surface area contributed by atoms with Crippen molar-refractivity contribution in [3.8, 4) is 0 Å². The molecule has 0 unspecified atom stereocenters. The molecule has 3 N–H and O–H groups in total. The van der Waals surface area contributed by atoms with Gasteiger partial charge >= 0.3 is 0 Å². The Bertz CT molecular complexity index is 813. The van der Waals surface area contributed by atoms with Gasteiger partial charge in [0.25, 0.3) is 5.91 Å². The van der Waals surface area contributed by atoms with Crippen LogP contribution in [0.2, 0.25) is 0 Å². The van der Waals surface area contributed by atoms with Gasteiger partial charge in [-0.15, -0.1) is 0 Å². The molecule has 2 aromatic rings. The van der Waals surface area contributed by atoms with E-state index in [1.807, 2.05) is 6.07 Å². The molecule has 2 amide bonds. The maximum atomic E-state index is 12.4. The molecule has 4 rings (SSSR count). The molecule has 1 aromatic carbocycles. The Labute approximate surface area is 145 Å². The number of piperidine rings is 1. The van der Waals surface area contributed by atoms with E-state index >= 15 is 0 Å². The van der Waals surface area contributed by atoms with Gasteiger partial charge in [0.05, 0.1) is 12.0 Å². The minimum Gasteiger partial charge on any atom is -0.326 e. The van der Waals surface area contributed by atoms with Crippen LogP contribution < -0.4 is 16.0 Å². The molecule has 0 bridgehead atoms. The van der Waals surface area contributed by atoms with Gasteiger partial charge in [-0.25, -0.2) is 9.97 Å². The van der Waals surface area contributed by atoms with Gasteiger partial charge in [0.2, 0.25) is 5.91 Å². The molecule has 0 spiro atoms. The Morgan fingerprint density at radius 2 is 1.92 bits per heavy atom. The van der Waals surface area contributed by atoms with E-state index in [-0.39, 0.29) is 11.8 Å². The van der Waals surface area contributed by atoms with Crippen molar-refractivity contribution in [2.45, 2.75) is 25.2 Å². The lowest BCUT2D eigenvalue weighted by molar-refractivity contribution is -0.115. The molecule has 25 heavy (non-hydrogen) atoms. The second-order valence-corrected chi connectivity index (χ2v) is 6.41. The largest absolute Gasteiger partial charge is 0.326 e. The first-order chi connectivity index (χ1) is 12.2. The van der Waals surface area contributed by atoms with Crippen molar-refractivity contribution in [2.75, 3.05) is 23.7 Å². The van der Waals surface area contributed by atoms with E-state index in [2.05, 4.69) is 25.9 Å². The lowest BCUT2D eigenvalue weighted by Crippen LogP contribution is -2.27. The molecule has 0 radical (unpaired) electrons. The number of aromatic nitrogens is 2. The van der Waals surface area contributed by atoms with Gasteiger partial charge in [0, 0.05) is 29.7 Å². The minimum atomic E-state index is -0.255. The highest BCUT2D eigenvalue weighted by molar-refractivity contribution is 6.05. The summed E-state index contributed by atoms with van der Waals surface area (Å²) in [6, 6.07) is 5.38. The third-order valence-electron chi connectivity index (χ3n) is 4.63. The van der Waals surface area contributed by atoms with E-state index in [0.717, 1.165) is 43.0 Å². The van der Waals surface area contributed by atoms with Crippen LogP contribution in [0, 0.1) is 0 Å². The summed E-state index contributed by atoms with van der Waals surface area (Å²) in [4.78, 5) is 32.5. The molecule has 2 aliphatic heterocycles. The van der Waals surface area contributed by atoms with E-state index in [4.69, 9.17) is 0 Å². The van der Waals surface area contributed by atoms with Crippen molar-refractivity contribution < 1.29 is 9.59 Å². The average molecular weight is 337 g/mol. The minimum absolute atomic E-state index is 0.0274. The molecule has 1 saturated heterocycles. The van der Waals surface area contributed by atoms with E-state index in [9.17, 15) is 9.59 Å². The average Bonchev–Trinajstić information content (AvgIpc) is 3.02. The third-order valence-corrected chi connectivity index (χ3v) is 4.63. The molecule has 1 fully saturated rings. The smallest absolute Gasteiger partial charge is 0.258 e. The number of benzene rings is 1. The molecule has 0 saturated carbocycles. The van der Waals surface area contributed by atoms with Gasteiger partial charge in [-0.05, 0) is 49.7 Å². The fraction of sp³-hybridized carbons (Fsp3) is 0.333. The van der Waals surface area contributed by atoms with Crippen molar-refractivity contribution in [1.29, 1.82) is 0 Å². The molecule has 0 aliphatic carbocycles. The standard InChI is InChI=1S/C18H19N5O2/c24-16-8-12-7-14(1-2-15(12)23-16)22-18(25)13-9-20-17(21-10-13)11-3-5-19-6-4-11/h1-2,7,9-11,19H,3-6,8H2,(H,22,25)(H,23,24). The number of anilines is 2. The molecule has 7 heteroatoms. The Hall–Kier alpha value is -2.80. The summed E-state index contributed by atoms with van der Waals surface area (Å²) in [5, 5.41) is 8.92. The van der Waals surface area contributed by atoms with Crippen molar-refractivity contribution in [2.24, 2.45) is 0 Å². The molecule has 0 atom stereocenters. The van der Waals surface area contributed by atoms with Crippen molar-refractivity contribution in [3.05, 3.63) is 47.5 Å². The van der Waals surface area contributed by atoms with Crippen LogP contribution in [0.25, 0.3) is 0 Å². The number of hydrogen-bond acceptors (Lipinski definition) is 5. The third kappa shape index (κ3) is 3.36. The van der Waals surface area contributed by atoms with Crippen molar-refractivity contribution in [1.82, 2.24) is 15.3 Å². The highest BCUT2D eigenvalue weighted by Gasteiger charge is 2.20. The summed E-state index contributed by atoms with van der Waals surface area (Å²) in [7, 11) is 0. The summed E-state index contributed by atoms with van der Waals surface area (Å²) >= 11 is 0. The molecule has 128 valence electrons. The summed E-state index contributed by atoms with van der Waals surface area (Å²) in [6.45, 7) is 1.96. The van der Waals surface area contributed by atoms with Gasteiger partial charge in [-0.2, -0.15) is 0 Å². The summed E-state index contributed by atoms with van der Waals surface area (Å²) in [5.74, 6) is 0.884. The Morgan fingerprint density at radius 1 is 1.16 bits per heavy atom. The second kappa shape index (κ2) is 6.60. The van der Waals surface area contributed by atoms with Gasteiger partial charge in [0.15, 0.2) is 0 Å². The van der Waals surface area contributed by atoms with Crippen molar-refractivity contribution in [3.63, 3.8) is 0 Å². The lowest BCUT2D eigenvalue weighted by Gasteiger charge is -2.21. The van der Waals surface area contributed by atoms with E-state index in [0.29, 0.717) is 23.6 Å². The van der Waals surface area contributed by atoms with Crippen LogP contribution >= 0.6 is 0 Å².